The van der Waals surface area contributed by atoms with E-state index in [4.69, 9.17) is 34.8 Å². The molecule has 0 aliphatic rings. The SMILES string of the molecule is O=c1c2ccccc2cnn1SC(Cl)(Cl)Cl. The van der Waals surface area contributed by atoms with Gasteiger partial charge in [-0.15, -0.1) is 0 Å². The Labute approximate surface area is 110 Å². The van der Waals surface area contributed by atoms with Gasteiger partial charge in [-0.1, -0.05) is 53.0 Å². The lowest BCUT2D eigenvalue weighted by Gasteiger charge is -2.10. The molecule has 3 nitrogen and oxygen atoms in total. The highest BCUT2D eigenvalue weighted by molar-refractivity contribution is 8.03. The van der Waals surface area contributed by atoms with E-state index >= 15 is 0 Å². The molecular weight excluding hydrogens is 291 g/mol. The zero-order valence-corrected chi connectivity index (χ0v) is 10.8. The van der Waals surface area contributed by atoms with Crippen LogP contribution in [-0.4, -0.2) is 12.3 Å². The van der Waals surface area contributed by atoms with Gasteiger partial charge in [-0.3, -0.25) is 4.79 Å². The van der Waals surface area contributed by atoms with Crippen LogP contribution in [0.25, 0.3) is 10.8 Å². The van der Waals surface area contributed by atoms with E-state index in [1.807, 2.05) is 6.07 Å². The van der Waals surface area contributed by atoms with Gasteiger partial charge in [0.1, 0.15) is 0 Å². The summed E-state index contributed by atoms with van der Waals surface area (Å²) in [6, 6.07) is 7.10. The summed E-state index contributed by atoms with van der Waals surface area (Å²) >= 11 is 17.5. The molecule has 0 radical (unpaired) electrons. The third-order valence-electron chi connectivity index (χ3n) is 1.86. The first-order valence-electron chi connectivity index (χ1n) is 4.21. The van der Waals surface area contributed by atoms with Gasteiger partial charge >= 0.3 is 0 Å². The molecule has 1 heterocycles. The van der Waals surface area contributed by atoms with E-state index < -0.39 is 3.12 Å². The summed E-state index contributed by atoms with van der Waals surface area (Å²) in [5, 5.41) is 5.20. The quantitative estimate of drug-likeness (QED) is 0.758. The Morgan fingerprint density at radius 3 is 2.62 bits per heavy atom. The van der Waals surface area contributed by atoms with Crippen LogP contribution in [0.15, 0.2) is 35.3 Å². The van der Waals surface area contributed by atoms with Crippen LogP contribution in [0.4, 0.5) is 0 Å². The van der Waals surface area contributed by atoms with Gasteiger partial charge in [-0.2, -0.15) is 9.19 Å². The minimum Gasteiger partial charge on any atom is -0.266 e. The van der Waals surface area contributed by atoms with Crippen molar-refractivity contribution in [1.82, 2.24) is 9.19 Å². The minimum atomic E-state index is -1.61. The molecule has 2 rings (SSSR count). The lowest BCUT2D eigenvalue weighted by Crippen LogP contribution is -2.20. The molecule has 16 heavy (non-hydrogen) atoms. The number of rotatable bonds is 1. The van der Waals surface area contributed by atoms with Crippen molar-refractivity contribution in [3.8, 4) is 0 Å². The lowest BCUT2D eigenvalue weighted by atomic mass is 10.2. The number of fused-ring (bicyclic) bond motifs is 1. The van der Waals surface area contributed by atoms with Crippen LogP contribution in [0.5, 0.6) is 0 Å². The number of halogens is 3. The first-order chi connectivity index (χ1) is 7.47. The molecule has 2 aromatic rings. The summed E-state index contributed by atoms with van der Waals surface area (Å²) in [5.74, 6) is 0. The normalized spacial score (nSPS) is 11.9. The van der Waals surface area contributed by atoms with Gasteiger partial charge in [-0.05, 0) is 6.07 Å². The molecule has 0 saturated heterocycles. The average Bonchev–Trinajstić information content (AvgIpc) is 2.21. The van der Waals surface area contributed by atoms with E-state index in [2.05, 4.69) is 5.10 Å². The van der Waals surface area contributed by atoms with E-state index in [1.54, 1.807) is 24.4 Å². The molecule has 0 fully saturated rings. The van der Waals surface area contributed by atoms with Gasteiger partial charge in [0.25, 0.3) is 8.68 Å². The smallest absolute Gasteiger partial charge is 0.266 e. The summed E-state index contributed by atoms with van der Waals surface area (Å²) in [7, 11) is 0. The molecule has 0 amide bonds. The van der Waals surface area contributed by atoms with Gasteiger partial charge in [0, 0.05) is 17.3 Å². The molecule has 84 valence electrons. The van der Waals surface area contributed by atoms with Gasteiger partial charge in [0.2, 0.25) is 0 Å². The van der Waals surface area contributed by atoms with Crippen LogP contribution in [0, 0.1) is 0 Å². The highest BCUT2D eigenvalue weighted by Crippen LogP contribution is 2.38. The predicted octanol–water partition coefficient (Wildman–Crippen LogP) is 3.22. The van der Waals surface area contributed by atoms with Crippen LogP contribution in [0.1, 0.15) is 0 Å². The van der Waals surface area contributed by atoms with Crippen molar-refractivity contribution in [2.45, 2.75) is 3.12 Å². The zero-order valence-electron chi connectivity index (χ0n) is 7.73. The summed E-state index contributed by atoms with van der Waals surface area (Å²) in [6.07, 6.45) is 1.56. The highest BCUT2D eigenvalue weighted by atomic mass is 35.6. The average molecular weight is 296 g/mol. The molecule has 0 bridgehead atoms. The zero-order chi connectivity index (χ0) is 11.8. The third kappa shape index (κ3) is 2.63. The maximum absolute atomic E-state index is 11.9. The Balaban J connectivity index is 2.57. The second-order valence-electron chi connectivity index (χ2n) is 2.95. The number of nitrogens with zero attached hydrogens (tertiary/aromatic N) is 2. The van der Waals surface area contributed by atoms with Crippen molar-refractivity contribution < 1.29 is 0 Å². The monoisotopic (exact) mass is 294 g/mol. The largest absolute Gasteiger partial charge is 0.285 e. The maximum atomic E-state index is 11.9. The fourth-order valence-electron chi connectivity index (χ4n) is 1.24. The summed E-state index contributed by atoms with van der Waals surface area (Å²) in [5.41, 5.74) is -0.297. The van der Waals surface area contributed by atoms with Crippen molar-refractivity contribution in [2.24, 2.45) is 0 Å². The lowest BCUT2D eigenvalue weighted by molar-refractivity contribution is 0.936. The van der Waals surface area contributed by atoms with E-state index in [-0.39, 0.29) is 5.56 Å². The molecule has 0 aliphatic heterocycles. The van der Waals surface area contributed by atoms with E-state index in [1.165, 1.54) is 0 Å². The summed E-state index contributed by atoms with van der Waals surface area (Å²) in [6.45, 7) is 0. The Kier molecular flexibility index (Phi) is 3.35. The van der Waals surface area contributed by atoms with E-state index in [9.17, 15) is 4.79 Å². The first kappa shape index (κ1) is 12.0. The van der Waals surface area contributed by atoms with Crippen LogP contribution in [-0.2, 0) is 0 Å². The number of benzene rings is 1. The van der Waals surface area contributed by atoms with E-state index in [0.717, 1.165) is 21.4 Å². The molecular formula is C9H5Cl3N2OS. The topological polar surface area (TPSA) is 34.9 Å². The Hall–Kier alpha value is -0.420. The maximum Gasteiger partial charge on any atom is 0.285 e. The van der Waals surface area contributed by atoms with Gasteiger partial charge in [0.15, 0.2) is 0 Å². The van der Waals surface area contributed by atoms with Crippen molar-refractivity contribution in [2.75, 3.05) is 0 Å². The van der Waals surface area contributed by atoms with Crippen molar-refractivity contribution in [3.63, 3.8) is 0 Å². The van der Waals surface area contributed by atoms with Crippen molar-refractivity contribution in [1.29, 1.82) is 0 Å². The fourth-order valence-corrected chi connectivity index (χ4v) is 2.30. The standard InChI is InChI=1S/C9H5Cl3N2OS/c10-9(11,12)16-14-8(15)7-4-2-1-3-6(7)5-13-14/h1-5H. The van der Waals surface area contributed by atoms with Gasteiger partial charge in [0.05, 0.1) is 11.6 Å². The number of hydrogen-bond donors (Lipinski definition) is 0. The fraction of sp³-hybridized carbons (Fsp3) is 0.111. The minimum absolute atomic E-state index is 0.297. The Morgan fingerprint density at radius 1 is 1.25 bits per heavy atom. The number of aromatic nitrogens is 2. The summed E-state index contributed by atoms with van der Waals surface area (Å²) in [4.78, 5) is 11.9. The number of hydrogen-bond acceptors (Lipinski definition) is 3. The van der Waals surface area contributed by atoms with Crippen LogP contribution in [0.3, 0.4) is 0 Å². The molecule has 7 heteroatoms. The third-order valence-corrected chi connectivity index (χ3v) is 3.12. The molecule has 1 aromatic heterocycles. The first-order valence-corrected chi connectivity index (χ1v) is 6.11. The Bertz CT molecular complexity index is 579. The van der Waals surface area contributed by atoms with Crippen molar-refractivity contribution >= 4 is 57.5 Å². The Morgan fingerprint density at radius 2 is 1.94 bits per heavy atom. The highest BCUT2D eigenvalue weighted by Gasteiger charge is 2.23. The predicted molar refractivity (Wildman–Crippen MR) is 69.3 cm³/mol. The molecule has 0 spiro atoms. The molecule has 0 saturated carbocycles. The van der Waals surface area contributed by atoms with Crippen molar-refractivity contribution in [3.05, 3.63) is 40.8 Å². The molecule has 0 atom stereocenters. The number of alkyl halides is 3. The second kappa shape index (κ2) is 4.45. The van der Waals surface area contributed by atoms with Crippen LogP contribution in [0.2, 0.25) is 0 Å². The van der Waals surface area contributed by atoms with Crippen LogP contribution >= 0.6 is 46.8 Å². The molecule has 0 N–H and O–H groups in total. The molecule has 1 aromatic carbocycles. The van der Waals surface area contributed by atoms with E-state index in [0.29, 0.717) is 5.39 Å². The summed E-state index contributed by atoms with van der Waals surface area (Å²) < 4.78 is -0.547. The second-order valence-corrected chi connectivity index (χ2v) is 7.04. The molecule has 0 unspecified atom stereocenters. The van der Waals surface area contributed by atoms with Crippen LogP contribution < -0.4 is 5.56 Å². The van der Waals surface area contributed by atoms with Gasteiger partial charge < -0.3 is 0 Å². The van der Waals surface area contributed by atoms with Gasteiger partial charge in [-0.25, -0.2) is 0 Å². The molecule has 0 aliphatic carbocycles.